The van der Waals surface area contributed by atoms with Gasteiger partial charge >= 0.3 is 11.9 Å². The Hall–Kier alpha value is -2.34. The molecule has 0 aromatic rings. The van der Waals surface area contributed by atoms with Crippen molar-refractivity contribution in [2.45, 2.75) is 57.8 Å². The second-order valence-corrected chi connectivity index (χ2v) is 6.75. The van der Waals surface area contributed by atoms with Crippen LogP contribution in [0.2, 0.25) is 0 Å². The quantitative estimate of drug-likeness (QED) is 0.182. The van der Waals surface area contributed by atoms with Gasteiger partial charge in [0.1, 0.15) is 18.1 Å². The molecule has 0 aliphatic carbocycles. The molecule has 0 aromatic carbocycles. The Kier molecular flexibility index (Phi) is 11.2. The van der Waals surface area contributed by atoms with E-state index in [9.17, 15) is 24.0 Å². The smallest absolute Gasteiger partial charge is 0.327 e. The van der Waals surface area contributed by atoms with E-state index in [4.69, 9.17) is 15.9 Å². The van der Waals surface area contributed by atoms with Crippen LogP contribution in [-0.4, -0.2) is 69.8 Å². The summed E-state index contributed by atoms with van der Waals surface area (Å²) in [6.45, 7) is 4.84. The fourth-order valence-electron chi connectivity index (χ4n) is 2.09. The summed E-state index contributed by atoms with van der Waals surface area (Å²) in [7, 11) is 0. The molecule has 12 heteroatoms. The van der Waals surface area contributed by atoms with Crippen LogP contribution in [0.1, 0.15) is 33.6 Å². The summed E-state index contributed by atoms with van der Waals surface area (Å²) < 4.78 is 0. The van der Waals surface area contributed by atoms with Gasteiger partial charge in [-0.3, -0.25) is 19.2 Å². The molecule has 0 aliphatic rings. The Bertz CT molecular complexity index is 602. The van der Waals surface area contributed by atoms with Gasteiger partial charge in [-0.15, -0.1) is 0 Å². The molecule has 7 N–H and O–H groups in total. The molecule has 0 rings (SSSR count). The van der Waals surface area contributed by atoms with Crippen LogP contribution in [0.15, 0.2) is 0 Å². The summed E-state index contributed by atoms with van der Waals surface area (Å²) in [5, 5.41) is 24.7. The maximum Gasteiger partial charge on any atom is 0.327 e. The van der Waals surface area contributed by atoms with Gasteiger partial charge < -0.3 is 31.9 Å². The summed E-state index contributed by atoms with van der Waals surface area (Å²) in [6.07, 6.45) is -0.0837. The fraction of sp³-hybridized carbons (Fsp3) is 0.688. The van der Waals surface area contributed by atoms with Crippen molar-refractivity contribution in [2.75, 3.05) is 5.75 Å². The molecule has 28 heavy (non-hydrogen) atoms. The van der Waals surface area contributed by atoms with Gasteiger partial charge in [-0.1, -0.05) is 20.3 Å². The van der Waals surface area contributed by atoms with Crippen LogP contribution in [0.5, 0.6) is 0 Å². The Balaban J connectivity index is 5.06. The van der Waals surface area contributed by atoms with E-state index >= 15 is 0 Å². The van der Waals surface area contributed by atoms with Crippen molar-refractivity contribution in [1.29, 1.82) is 0 Å². The Labute approximate surface area is 168 Å². The second kappa shape index (κ2) is 12.2. The zero-order chi connectivity index (χ0) is 22.0. The first-order valence-electron chi connectivity index (χ1n) is 8.66. The predicted molar refractivity (Wildman–Crippen MR) is 103 cm³/mol. The maximum atomic E-state index is 12.4. The molecule has 0 aliphatic heterocycles. The number of aliphatic carboxylic acids is 2. The molecule has 0 radical (unpaired) electrons. The van der Waals surface area contributed by atoms with Gasteiger partial charge in [0.25, 0.3) is 0 Å². The van der Waals surface area contributed by atoms with Gasteiger partial charge in [0.05, 0.1) is 12.5 Å². The van der Waals surface area contributed by atoms with Gasteiger partial charge in [-0.25, -0.2) is 4.79 Å². The number of hydrogen-bond donors (Lipinski definition) is 7. The third-order valence-corrected chi connectivity index (χ3v) is 4.44. The number of carbonyl (C=O) groups excluding carboxylic acids is 3. The lowest BCUT2D eigenvalue weighted by atomic mass is 9.97. The van der Waals surface area contributed by atoms with Crippen molar-refractivity contribution >= 4 is 42.3 Å². The number of thiol groups is 1. The van der Waals surface area contributed by atoms with Crippen LogP contribution in [0.3, 0.4) is 0 Å². The van der Waals surface area contributed by atoms with Gasteiger partial charge in [-0.2, -0.15) is 12.6 Å². The third-order valence-electron chi connectivity index (χ3n) is 4.07. The highest BCUT2D eigenvalue weighted by Crippen LogP contribution is 2.09. The largest absolute Gasteiger partial charge is 0.481 e. The molecule has 0 saturated carbocycles. The number of nitrogens with one attached hydrogen (secondary N) is 3. The van der Waals surface area contributed by atoms with E-state index in [0.717, 1.165) is 0 Å². The number of rotatable bonds is 12. The van der Waals surface area contributed by atoms with Gasteiger partial charge in [0.2, 0.25) is 17.7 Å². The minimum Gasteiger partial charge on any atom is -0.481 e. The van der Waals surface area contributed by atoms with Crippen molar-refractivity contribution in [1.82, 2.24) is 16.0 Å². The van der Waals surface area contributed by atoms with Crippen LogP contribution < -0.4 is 21.7 Å². The molecule has 0 aromatic heterocycles. The number of carboxylic acids is 2. The van der Waals surface area contributed by atoms with Gasteiger partial charge in [0, 0.05) is 5.75 Å². The molecular formula is C16H28N4O7S. The summed E-state index contributed by atoms with van der Waals surface area (Å²) in [6, 6.07) is -4.67. The van der Waals surface area contributed by atoms with E-state index in [1.807, 2.05) is 0 Å². The molecule has 5 atom stereocenters. The Morgan fingerprint density at radius 3 is 1.96 bits per heavy atom. The number of carboxylic acid groups (broad SMARTS) is 2. The Morgan fingerprint density at radius 1 is 0.964 bits per heavy atom. The molecule has 5 unspecified atom stereocenters. The SMILES string of the molecule is CCC(C)C(NC(=O)C(C)NC(=O)C(N)CC(=O)O)C(=O)NC(CS)C(=O)O. The highest BCUT2D eigenvalue weighted by molar-refractivity contribution is 7.80. The topological polar surface area (TPSA) is 188 Å². The number of amides is 3. The maximum absolute atomic E-state index is 12.4. The van der Waals surface area contributed by atoms with Crippen LogP contribution in [0.25, 0.3) is 0 Å². The molecule has 0 heterocycles. The molecule has 11 nitrogen and oxygen atoms in total. The molecular weight excluding hydrogens is 392 g/mol. The van der Waals surface area contributed by atoms with Gasteiger partial charge in [0.15, 0.2) is 0 Å². The monoisotopic (exact) mass is 420 g/mol. The molecule has 0 fully saturated rings. The normalized spacial score (nSPS) is 16.0. The average molecular weight is 420 g/mol. The lowest BCUT2D eigenvalue weighted by Crippen LogP contribution is -2.58. The molecule has 160 valence electrons. The zero-order valence-corrected chi connectivity index (χ0v) is 16.9. The lowest BCUT2D eigenvalue weighted by Gasteiger charge is -2.26. The first kappa shape index (κ1) is 25.7. The fourth-order valence-corrected chi connectivity index (χ4v) is 2.34. The second-order valence-electron chi connectivity index (χ2n) is 6.39. The van der Waals surface area contributed by atoms with Crippen LogP contribution >= 0.6 is 12.6 Å². The van der Waals surface area contributed by atoms with Crippen molar-refractivity contribution in [3.8, 4) is 0 Å². The third kappa shape index (κ3) is 8.57. The van der Waals surface area contributed by atoms with E-state index < -0.39 is 60.2 Å². The standard InChI is InChI=1S/C16H28N4O7S/c1-4-7(2)12(15(25)19-10(6-28)16(26)27)20-13(23)8(3)18-14(24)9(17)5-11(21)22/h7-10,12,28H,4-6,17H2,1-3H3,(H,18,24)(H,19,25)(H,20,23)(H,21,22)(H,26,27). The van der Waals surface area contributed by atoms with E-state index in [1.54, 1.807) is 13.8 Å². The average Bonchev–Trinajstić information content (AvgIpc) is 2.61. The van der Waals surface area contributed by atoms with Crippen LogP contribution in [0.4, 0.5) is 0 Å². The van der Waals surface area contributed by atoms with Crippen molar-refractivity contribution in [3.05, 3.63) is 0 Å². The molecule has 0 saturated heterocycles. The molecule has 3 amide bonds. The molecule has 0 spiro atoms. The van der Waals surface area contributed by atoms with E-state index in [1.165, 1.54) is 6.92 Å². The van der Waals surface area contributed by atoms with E-state index in [0.29, 0.717) is 6.42 Å². The van der Waals surface area contributed by atoms with Crippen molar-refractivity contribution in [2.24, 2.45) is 11.7 Å². The van der Waals surface area contributed by atoms with E-state index in [2.05, 4.69) is 28.6 Å². The minimum absolute atomic E-state index is 0.129. The molecule has 0 bridgehead atoms. The predicted octanol–water partition coefficient (Wildman–Crippen LogP) is -1.68. The number of hydrogen-bond acceptors (Lipinski definition) is 7. The Morgan fingerprint density at radius 2 is 1.54 bits per heavy atom. The highest BCUT2D eigenvalue weighted by Gasteiger charge is 2.31. The van der Waals surface area contributed by atoms with Crippen LogP contribution in [0, 0.1) is 5.92 Å². The van der Waals surface area contributed by atoms with Gasteiger partial charge in [-0.05, 0) is 12.8 Å². The summed E-state index contributed by atoms with van der Waals surface area (Å²) in [5.74, 6) is -5.18. The summed E-state index contributed by atoms with van der Waals surface area (Å²) in [5.41, 5.74) is 5.43. The van der Waals surface area contributed by atoms with Crippen molar-refractivity contribution < 1.29 is 34.2 Å². The van der Waals surface area contributed by atoms with Crippen LogP contribution in [-0.2, 0) is 24.0 Å². The number of carbonyl (C=O) groups is 5. The van der Waals surface area contributed by atoms with E-state index in [-0.39, 0.29) is 11.7 Å². The number of nitrogens with two attached hydrogens (primary N) is 1. The lowest BCUT2D eigenvalue weighted by molar-refractivity contribution is -0.142. The first-order valence-corrected chi connectivity index (χ1v) is 9.29. The summed E-state index contributed by atoms with van der Waals surface area (Å²) in [4.78, 5) is 58.3. The summed E-state index contributed by atoms with van der Waals surface area (Å²) >= 11 is 3.87. The minimum atomic E-state index is -1.33. The first-order chi connectivity index (χ1) is 12.9. The van der Waals surface area contributed by atoms with Crippen molar-refractivity contribution in [3.63, 3.8) is 0 Å². The zero-order valence-electron chi connectivity index (χ0n) is 16.0. The highest BCUT2D eigenvalue weighted by atomic mass is 32.1.